The number of pyridine rings is 1. The van der Waals surface area contributed by atoms with Gasteiger partial charge in [-0.3, -0.25) is 18.6 Å². The van der Waals surface area contributed by atoms with E-state index in [9.17, 15) is 28.6 Å². The van der Waals surface area contributed by atoms with Crippen molar-refractivity contribution in [2.75, 3.05) is 14.1 Å². The molecule has 4 atom stereocenters. The van der Waals surface area contributed by atoms with Crippen LogP contribution in [0.2, 0.25) is 0 Å². The second-order valence-corrected chi connectivity index (χ2v) is 11.7. The van der Waals surface area contributed by atoms with Crippen molar-refractivity contribution in [3.05, 3.63) is 59.7 Å². The minimum atomic E-state index is -5.09. The number of ether oxygens (including phenoxy) is 1. The Morgan fingerprint density at radius 3 is 2.61 bits per heavy atom. The van der Waals surface area contributed by atoms with Crippen LogP contribution in [0, 0.1) is 5.82 Å². The lowest BCUT2D eigenvalue weighted by molar-refractivity contribution is -0.0501. The zero-order valence-corrected chi connectivity index (χ0v) is 18.4. The number of amides is 1. The van der Waals surface area contributed by atoms with Crippen LogP contribution in [-0.4, -0.2) is 56.3 Å². The molecule has 168 valence electrons. The van der Waals surface area contributed by atoms with E-state index in [1.54, 1.807) is 0 Å². The number of aliphatic hydroxyl groups is 1. The molecule has 1 aromatic heterocycles. The van der Waals surface area contributed by atoms with Crippen LogP contribution in [0.4, 0.5) is 9.18 Å². The molecule has 1 aliphatic heterocycles. The maximum Gasteiger partial charge on any atom is 0.414 e. The van der Waals surface area contributed by atoms with Gasteiger partial charge in [0, 0.05) is 32.9 Å². The van der Waals surface area contributed by atoms with Crippen molar-refractivity contribution in [2.24, 2.45) is 0 Å². The molecule has 0 aliphatic carbocycles. The predicted octanol–water partition coefficient (Wildman–Crippen LogP) is 2.67. The van der Waals surface area contributed by atoms with Crippen molar-refractivity contribution >= 4 is 27.3 Å². The summed E-state index contributed by atoms with van der Waals surface area (Å²) in [4.78, 5) is 38.2. The summed E-state index contributed by atoms with van der Waals surface area (Å²) in [6.45, 7) is 0. The van der Waals surface area contributed by atoms with Crippen LogP contribution < -0.4 is 4.74 Å². The number of rotatable bonds is 4. The molecule has 2 heterocycles. The summed E-state index contributed by atoms with van der Waals surface area (Å²) in [6, 6.07) is 6.47. The van der Waals surface area contributed by atoms with Gasteiger partial charge in [0.1, 0.15) is 11.6 Å². The molecule has 10 nitrogen and oxygen atoms in total. The van der Waals surface area contributed by atoms with Gasteiger partial charge in [0.05, 0.1) is 5.56 Å². The number of aromatic nitrogens is 1. The molecule has 1 amide bonds. The third-order valence-electron chi connectivity index (χ3n) is 4.50. The number of hydrogen-bond donors (Lipinski definition) is 3. The fourth-order valence-electron chi connectivity index (χ4n) is 2.80. The summed E-state index contributed by atoms with van der Waals surface area (Å²) < 4.78 is 43.1. The number of halogens is 1. The van der Waals surface area contributed by atoms with Gasteiger partial charge < -0.3 is 24.5 Å². The Hall–Kier alpha value is -2.10. The minimum Gasteiger partial charge on any atom is -0.410 e. The molecule has 0 saturated carbocycles. The van der Waals surface area contributed by atoms with Gasteiger partial charge in [-0.2, -0.15) is 0 Å². The fourth-order valence-corrected chi connectivity index (χ4v) is 6.75. The quantitative estimate of drug-likeness (QED) is 0.571. The molecule has 1 aliphatic rings. The molecule has 3 rings (SSSR count). The van der Waals surface area contributed by atoms with Crippen molar-refractivity contribution in [3.63, 3.8) is 0 Å². The first-order chi connectivity index (χ1) is 14.4. The molecule has 2 aromatic rings. The van der Waals surface area contributed by atoms with Gasteiger partial charge >= 0.3 is 13.7 Å². The molecular weight excluding hydrogens is 453 g/mol. The first-order valence-electron chi connectivity index (χ1n) is 8.83. The average Bonchev–Trinajstić information content (AvgIpc) is 2.66. The summed E-state index contributed by atoms with van der Waals surface area (Å²) in [6.07, 6.45) is 2.80. The summed E-state index contributed by atoms with van der Waals surface area (Å²) in [7, 11) is -6.63. The summed E-state index contributed by atoms with van der Waals surface area (Å²) in [5, 5.41) is 8.16. The number of carbonyl (C=O) groups is 1. The van der Waals surface area contributed by atoms with E-state index in [1.165, 1.54) is 50.8 Å². The Balaban J connectivity index is 2.01. The molecule has 13 heteroatoms. The highest BCUT2D eigenvalue weighted by atomic mass is 31.2. The predicted molar refractivity (Wildman–Crippen MR) is 110 cm³/mol. The lowest BCUT2D eigenvalue weighted by Gasteiger charge is -2.45. The van der Waals surface area contributed by atoms with Crippen molar-refractivity contribution in [1.82, 2.24) is 9.88 Å². The molecule has 0 spiro atoms. The Bertz CT molecular complexity index is 1060. The van der Waals surface area contributed by atoms with Gasteiger partial charge in [-0.05, 0) is 30.1 Å². The smallest absolute Gasteiger partial charge is 0.410 e. The van der Waals surface area contributed by atoms with Gasteiger partial charge in [0.15, 0.2) is 7.34 Å². The number of nitrogens with zero attached hydrogens (tertiary/aromatic N) is 2. The van der Waals surface area contributed by atoms with Gasteiger partial charge in [0.25, 0.3) is 0 Å². The fraction of sp³-hybridized carbons (Fsp3) is 0.278. The monoisotopic (exact) mass is 474 g/mol. The first kappa shape index (κ1) is 23.6. The van der Waals surface area contributed by atoms with Crippen LogP contribution >= 0.6 is 14.9 Å². The molecule has 0 radical (unpaired) electrons. The molecule has 1 aromatic carbocycles. The van der Waals surface area contributed by atoms with Crippen molar-refractivity contribution in [3.8, 4) is 5.75 Å². The van der Waals surface area contributed by atoms with E-state index in [0.717, 1.165) is 11.0 Å². The Labute approximate surface area is 177 Å². The van der Waals surface area contributed by atoms with Gasteiger partial charge in [0.2, 0.25) is 11.4 Å². The molecular formula is C18H21FN2O8P2. The average molecular weight is 474 g/mol. The second-order valence-electron chi connectivity index (χ2n) is 6.99. The molecule has 0 bridgehead atoms. The van der Waals surface area contributed by atoms with Crippen LogP contribution in [0.25, 0.3) is 0 Å². The zero-order valence-electron chi connectivity index (χ0n) is 16.6. The third kappa shape index (κ3) is 4.44. The maximum absolute atomic E-state index is 14.6. The van der Waals surface area contributed by atoms with Crippen LogP contribution in [0.15, 0.2) is 42.7 Å². The first-order valence-corrected chi connectivity index (χ1v) is 12.2. The van der Waals surface area contributed by atoms with E-state index >= 15 is 0 Å². The van der Waals surface area contributed by atoms with Crippen LogP contribution in [-0.2, 0) is 20.0 Å². The highest BCUT2D eigenvalue weighted by Crippen LogP contribution is 2.79. The maximum atomic E-state index is 14.6. The van der Waals surface area contributed by atoms with Crippen molar-refractivity contribution in [1.29, 1.82) is 0 Å². The molecule has 1 saturated heterocycles. The molecule has 3 N–H and O–H groups in total. The SMILES string of the molecule is C=P1(O)OC(c2c(F)cccc2OC(=O)N(C)C)OP(=O)(O)C1(O)Cc1cccnc1. The number of carbonyl (C=O) groups excluding carboxylic acids is 1. The zero-order chi connectivity index (χ0) is 23.0. The molecule has 1 fully saturated rings. The van der Waals surface area contributed by atoms with Crippen molar-refractivity contribution in [2.45, 2.75) is 17.8 Å². The molecule has 4 unspecified atom stereocenters. The summed E-state index contributed by atoms with van der Waals surface area (Å²) in [5.74, 6) is -1.35. The second kappa shape index (κ2) is 8.44. The van der Waals surface area contributed by atoms with E-state index in [4.69, 9.17) is 13.8 Å². The van der Waals surface area contributed by atoms with E-state index in [2.05, 4.69) is 11.3 Å². The lowest BCUT2D eigenvalue weighted by Crippen LogP contribution is -2.38. The van der Waals surface area contributed by atoms with Crippen LogP contribution in [0.5, 0.6) is 5.75 Å². The van der Waals surface area contributed by atoms with Gasteiger partial charge in [-0.15, -0.1) is 0 Å². The van der Waals surface area contributed by atoms with E-state index in [-0.39, 0.29) is 5.75 Å². The number of hydrogen-bond acceptors (Lipinski definition) is 8. The number of benzene rings is 1. The van der Waals surface area contributed by atoms with Crippen LogP contribution in [0.3, 0.4) is 0 Å². The van der Waals surface area contributed by atoms with E-state index < -0.39 is 50.2 Å². The van der Waals surface area contributed by atoms with Crippen molar-refractivity contribution < 1.29 is 42.4 Å². The minimum absolute atomic E-state index is 0.304. The topological polar surface area (TPSA) is 139 Å². The largest absolute Gasteiger partial charge is 0.414 e. The lowest BCUT2D eigenvalue weighted by atomic mass is 10.2. The molecule has 31 heavy (non-hydrogen) atoms. The Morgan fingerprint density at radius 2 is 2.03 bits per heavy atom. The highest BCUT2D eigenvalue weighted by molar-refractivity contribution is 7.78. The van der Waals surface area contributed by atoms with Gasteiger partial charge in [-0.25, -0.2) is 9.18 Å². The Kier molecular flexibility index (Phi) is 6.42. The van der Waals surface area contributed by atoms with Crippen LogP contribution in [0.1, 0.15) is 17.4 Å². The third-order valence-corrected chi connectivity index (χ3v) is 9.55. The summed E-state index contributed by atoms with van der Waals surface area (Å²) in [5.41, 5.74) is -0.240. The Morgan fingerprint density at radius 1 is 1.32 bits per heavy atom. The standard InChI is InChI=1S/C18H21FN2O8P2/c1-21(2)17(22)27-14-8-4-7-13(19)15(14)16-28-30(3,24)18(23,31(25,26)29-16)10-12-6-5-9-20-11-12/h4-9,11,16,23-24H,3,10H2,1-2H3,(H,25,26). The summed E-state index contributed by atoms with van der Waals surface area (Å²) >= 11 is 0. The van der Waals surface area contributed by atoms with Gasteiger partial charge in [-0.1, -0.05) is 12.1 Å². The van der Waals surface area contributed by atoms with E-state index in [1.807, 2.05) is 0 Å². The van der Waals surface area contributed by atoms with E-state index in [0.29, 0.717) is 5.56 Å². The normalized spacial score (nSPS) is 30.6. The highest BCUT2D eigenvalue weighted by Gasteiger charge is 2.63.